The fourth-order valence-electron chi connectivity index (χ4n) is 5.23. The highest BCUT2D eigenvalue weighted by Crippen LogP contribution is 2.35. The molecule has 0 unspecified atom stereocenters. The molecule has 5 rings (SSSR count). The van der Waals surface area contributed by atoms with Gasteiger partial charge < -0.3 is 10.1 Å². The van der Waals surface area contributed by atoms with Crippen LogP contribution in [0.4, 0.5) is 9.18 Å². The maximum absolute atomic E-state index is 13.4. The third-order valence-electron chi connectivity index (χ3n) is 7.31. The number of aromatic nitrogens is 2. The van der Waals surface area contributed by atoms with E-state index < -0.39 is 36.0 Å². The third-order valence-corrected chi connectivity index (χ3v) is 7.31. The summed E-state index contributed by atoms with van der Waals surface area (Å²) in [6, 6.07) is 5.11. The van der Waals surface area contributed by atoms with Gasteiger partial charge in [0.05, 0.1) is 5.69 Å². The second-order valence-electron chi connectivity index (χ2n) is 9.82. The minimum Gasteiger partial charge on any atom is -0.451 e. The summed E-state index contributed by atoms with van der Waals surface area (Å²) in [6.07, 6.45) is 5.81. The molecule has 0 bridgehead atoms. The Morgan fingerprint density at radius 1 is 1.17 bits per heavy atom. The molecule has 1 aromatic carbocycles. The molecular formula is C25H28FN5O5. The number of halogens is 1. The highest BCUT2D eigenvalue weighted by atomic mass is 19.1. The quantitative estimate of drug-likeness (QED) is 0.484. The zero-order valence-electron chi connectivity index (χ0n) is 20.0. The average Bonchev–Trinajstić information content (AvgIpc) is 3.36. The van der Waals surface area contributed by atoms with Crippen LogP contribution in [0, 0.1) is 11.7 Å². The van der Waals surface area contributed by atoms with E-state index >= 15 is 0 Å². The maximum Gasteiger partial charge on any atom is 0.359 e. The molecule has 2 aliphatic carbocycles. The van der Waals surface area contributed by atoms with E-state index in [1.165, 1.54) is 12.1 Å². The SMILES string of the molecule is CC1CCC2(CC1)NC(=O)N(NC(=O)COC(=O)c1nn(-c3ccc(F)cc3)c3c1CCCC3)C2=O. The summed E-state index contributed by atoms with van der Waals surface area (Å²) in [5.74, 6) is -1.98. The van der Waals surface area contributed by atoms with Gasteiger partial charge in [0, 0.05) is 11.3 Å². The molecule has 1 aromatic heterocycles. The van der Waals surface area contributed by atoms with E-state index in [2.05, 4.69) is 22.8 Å². The normalized spacial score (nSPS) is 23.4. The first-order chi connectivity index (χ1) is 17.3. The zero-order chi connectivity index (χ0) is 25.4. The van der Waals surface area contributed by atoms with Crippen molar-refractivity contribution in [3.8, 4) is 5.69 Å². The monoisotopic (exact) mass is 497 g/mol. The van der Waals surface area contributed by atoms with Crippen LogP contribution in [-0.2, 0) is 27.2 Å². The van der Waals surface area contributed by atoms with Gasteiger partial charge in [-0.2, -0.15) is 10.1 Å². The first-order valence-electron chi connectivity index (χ1n) is 12.3. The fraction of sp³-hybridized carbons (Fsp3) is 0.480. The number of ether oxygens (including phenoxy) is 1. The second-order valence-corrected chi connectivity index (χ2v) is 9.82. The van der Waals surface area contributed by atoms with Crippen molar-refractivity contribution >= 4 is 23.8 Å². The number of benzene rings is 1. The molecule has 3 aliphatic rings. The van der Waals surface area contributed by atoms with Crippen LogP contribution >= 0.6 is 0 Å². The number of hydrogen-bond donors (Lipinski definition) is 2. The molecule has 2 heterocycles. The lowest BCUT2D eigenvalue weighted by atomic mass is 9.77. The number of urea groups is 1. The molecule has 11 heteroatoms. The molecule has 2 N–H and O–H groups in total. The van der Waals surface area contributed by atoms with Gasteiger partial charge in [0.15, 0.2) is 12.3 Å². The van der Waals surface area contributed by atoms with E-state index in [4.69, 9.17) is 4.74 Å². The number of nitrogens with one attached hydrogen (secondary N) is 2. The number of hydrazine groups is 1. The largest absolute Gasteiger partial charge is 0.451 e. The Bertz CT molecular complexity index is 1220. The van der Waals surface area contributed by atoms with Crippen LogP contribution in [0.5, 0.6) is 0 Å². The Labute approximate surface area is 207 Å². The molecule has 10 nitrogen and oxygen atoms in total. The average molecular weight is 498 g/mol. The van der Waals surface area contributed by atoms with Gasteiger partial charge in [0.25, 0.3) is 11.8 Å². The Morgan fingerprint density at radius 2 is 1.86 bits per heavy atom. The molecule has 4 amide bonds. The van der Waals surface area contributed by atoms with E-state index in [0.717, 1.165) is 36.9 Å². The van der Waals surface area contributed by atoms with Crippen LogP contribution in [-0.4, -0.2) is 50.7 Å². The number of hydrogen-bond acceptors (Lipinski definition) is 6. The maximum atomic E-state index is 13.4. The van der Waals surface area contributed by atoms with Crippen LogP contribution in [0.15, 0.2) is 24.3 Å². The lowest BCUT2D eigenvalue weighted by molar-refractivity contribution is -0.141. The van der Waals surface area contributed by atoms with Crippen molar-refractivity contribution in [2.24, 2.45) is 5.92 Å². The molecule has 1 aliphatic heterocycles. The first-order valence-corrected chi connectivity index (χ1v) is 12.3. The van der Waals surface area contributed by atoms with Crippen molar-refractivity contribution < 1.29 is 28.3 Å². The van der Waals surface area contributed by atoms with E-state index in [1.54, 1.807) is 16.8 Å². The van der Waals surface area contributed by atoms with E-state index in [0.29, 0.717) is 42.3 Å². The van der Waals surface area contributed by atoms with E-state index in [9.17, 15) is 23.6 Å². The highest BCUT2D eigenvalue weighted by Gasteiger charge is 2.53. The van der Waals surface area contributed by atoms with Crippen molar-refractivity contribution in [1.29, 1.82) is 0 Å². The number of carbonyl (C=O) groups is 4. The summed E-state index contributed by atoms with van der Waals surface area (Å²) in [7, 11) is 0. The Hall–Kier alpha value is -3.76. The van der Waals surface area contributed by atoms with Gasteiger partial charge in [-0.25, -0.2) is 18.7 Å². The van der Waals surface area contributed by atoms with Gasteiger partial charge in [-0.3, -0.25) is 15.0 Å². The third kappa shape index (κ3) is 4.33. The summed E-state index contributed by atoms with van der Waals surface area (Å²) in [6.45, 7) is 1.42. The molecule has 190 valence electrons. The topological polar surface area (TPSA) is 123 Å². The van der Waals surface area contributed by atoms with E-state index in [1.807, 2.05) is 0 Å². The zero-order valence-corrected chi connectivity index (χ0v) is 20.0. The van der Waals surface area contributed by atoms with Crippen LogP contribution in [0.3, 0.4) is 0 Å². The molecule has 0 radical (unpaired) electrons. The van der Waals surface area contributed by atoms with E-state index in [-0.39, 0.29) is 11.5 Å². The predicted octanol–water partition coefficient (Wildman–Crippen LogP) is 2.58. The molecule has 1 saturated heterocycles. The number of carbonyl (C=O) groups excluding carboxylic acids is 4. The van der Waals surface area contributed by atoms with Gasteiger partial charge in [0.1, 0.15) is 11.4 Å². The molecule has 2 fully saturated rings. The van der Waals surface area contributed by atoms with Gasteiger partial charge >= 0.3 is 12.0 Å². The summed E-state index contributed by atoms with van der Waals surface area (Å²) in [4.78, 5) is 50.6. The number of nitrogens with zero attached hydrogens (tertiary/aromatic N) is 3. The van der Waals surface area contributed by atoms with Crippen molar-refractivity contribution in [1.82, 2.24) is 25.5 Å². The molecule has 1 spiro atoms. The molecular weight excluding hydrogens is 469 g/mol. The van der Waals surface area contributed by atoms with Crippen molar-refractivity contribution in [3.63, 3.8) is 0 Å². The minimum absolute atomic E-state index is 0.104. The lowest BCUT2D eigenvalue weighted by Gasteiger charge is -2.33. The van der Waals surface area contributed by atoms with Crippen LogP contribution in [0.25, 0.3) is 5.69 Å². The van der Waals surface area contributed by atoms with Crippen molar-refractivity contribution in [2.75, 3.05) is 6.61 Å². The summed E-state index contributed by atoms with van der Waals surface area (Å²) in [5.41, 5.74) is 3.61. The minimum atomic E-state index is -0.986. The van der Waals surface area contributed by atoms with Crippen LogP contribution in [0.1, 0.15) is 67.2 Å². The van der Waals surface area contributed by atoms with Crippen molar-refractivity contribution in [2.45, 2.75) is 63.8 Å². The highest BCUT2D eigenvalue weighted by molar-refractivity contribution is 6.08. The summed E-state index contributed by atoms with van der Waals surface area (Å²) in [5, 5.41) is 7.82. The number of fused-ring (bicyclic) bond motifs is 1. The van der Waals surface area contributed by atoms with Gasteiger partial charge in [0.2, 0.25) is 0 Å². The smallest absolute Gasteiger partial charge is 0.359 e. The molecule has 36 heavy (non-hydrogen) atoms. The van der Waals surface area contributed by atoms with Gasteiger partial charge in [-0.1, -0.05) is 6.92 Å². The Morgan fingerprint density at radius 3 is 2.58 bits per heavy atom. The number of amides is 4. The van der Waals surface area contributed by atoms with Crippen LogP contribution < -0.4 is 10.7 Å². The first kappa shape index (κ1) is 24.0. The molecule has 0 atom stereocenters. The number of imide groups is 1. The standard InChI is InChI=1S/C25H28FN5O5/c1-15-10-12-25(13-11-15)23(34)31(24(35)27-25)28-20(32)14-36-22(33)21-18-4-2-3-5-19(18)30(29-21)17-8-6-16(26)7-9-17/h6-9,15H,2-5,10-14H2,1H3,(H,27,35)(H,28,32). The lowest BCUT2D eigenvalue weighted by Crippen LogP contribution is -2.52. The number of esters is 1. The molecule has 2 aromatic rings. The van der Waals surface area contributed by atoms with Crippen molar-refractivity contribution in [3.05, 3.63) is 47.0 Å². The predicted molar refractivity (Wildman–Crippen MR) is 124 cm³/mol. The molecule has 1 saturated carbocycles. The fourth-order valence-corrected chi connectivity index (χ4v) is 5.23. The second kappa shape index (κ2) is 9.36. The van der Waals surface area contributed by atoms with Gasteiger partial charge in [-0.05, 0) is 81.5 Å². The van der Waals surface area contributed by atoms with Crippen LogP contribution in [0.2, 0.25) is 0 Å². The number of rotatable bonds is 5. The summed E-state index contributed by atoms with van der Waals surface area (Å²) >= 11 is 0. The Kier molecular flexibility index (Phi) is 6.23. The van der Waals surface area contributed by atoms with Gasteiger partial charge in [-0.15, -0.1) is 0 Å². The Balaban J connectivity index is 1.25. The summed E-state index contributed by atoms with van der Waals surface area (Å²) < 4.78 is 20.2.